The van der Waals surface area contributed by atoms with Crippen molar-refractivity contribution in [3.63, 3.8) is 0 Å². The van der Waals surface area contributed by atoms with Crippen LogP contribution in [0, 0.1) is 5.92 Å². The molecule has 4 heterocycles. The Kier molecular flexibility index (Phi) is 5.38. The number of amides is 1. The summed E-state index contributed by atoms with van der Waals surface area (Å²) in [5.41, 5.74) is 2.97. The second-order valence-electron chi connectivity index (χ2n) is 11.0. The van der Waals surface area contributed by atoms with Gasteiger partial charge in [0.15, 0.2) is 5.82 Å². The number of ether oxygens (including phenoxy) is 1. The molecular weight excluding hydrogens is 470 g/mol. The third-order valence-electron chi connectivity index (χ3n) is 7.98. The van der Waals surface area contributed by atoms with Gasteiger partial charge in [0.2, 0.25) is 0 Å². The van der Waals surface area contributed by atoms with Crippen LogP contribution in [0.3, 0.4) is 0 Å². The van der Waals surface area contributed by atoms with E-state index in [-0.39, 0.29) is 23.3 Å². The average Bonchev–Trinajstić information content (AvgIpc) is 3.19. The number of hydrogen-bond acceptors (Lipinski definition) is 6. The second-order valence-corrected chi connectivity index (χ2v) is 11.0. The highest BCUT2D eigenvalue weighted by molar-refractivity contribution is 6.07. The predicted octanol–water partition coefficient (Wildman–Crippen LogP) is 4.45. The number of anilines is 1. The maximum absolute atomic E-state index is 14.0. The van der Waals surface area contributed by atoms with Crippen LogP contribution in [-0.2, 0) is 10.3 Å². The molecule has 0 bridgehead atoms. The summed E-state index contributed by atoms with van der Waals surface area (Å²) in [5, 5.41) is 4.05. The molecule has 1 aromatic carbocycles. The van der Waals surface area contributed by atoms with Gasteiger partial charge in [-0.05, 0) is 69.4 Å². The van der Waals surface area contributed by atoms with E-state index in [0.29, 0.717) is 24.5 Å². The Bertz CT molecular complexity index is 1530. The standard InChI is InChI=1S/C28H31N5O4/c1-17-15-28(17,25-30-26(35)37-31-25)33-22-11-10-20(18-12-13-36-27(2,3)16-18)29-21(22)14-23(33)24(34)32(4)19-8-6-5-7-9-19/h5-11,14,17-18H,12-13,15-16H2,1-4H3,(H,30,31,35)/t17-,18?,28-/m0/s1. The number of pyridine rings is 1. The zero-order valence-electron chi connectivity index (χ0n) is 21.5. The van der Waals surface area contributed by atoms with E-state index < -0.39 is 11.3 Å². The SMILES string of the molecule is C[C@H]1C[C@]1(c1noc(=O)[nH]1)n1c(C(=O)N(C)c2ccccc2)cc2nc(C3CCOC(C)(C)C3)ccc21. The first-order valence-corrected chi connectivity index (χ1v) is 12.8. The highest BCUT2D eigenvalue weighted by Gasteiger charge is 2.59. The third kappa shape index (κ3) is 3.89. The first-order chi connectivity index (χ1) is 17.7. The number of H-pyrrole nitrogens is 1. The number of rotatable bonds is 5. The fourth-order valence-corrected chi connectivity index (χ4v) is 5.91. The van der Waals surface area contributed by atoms with E-state index in [1.54, 1.807) is 11.9 Å². The maximum Gasteiger partial charge on any atom is 0.438 e. The van der Waals surface area contributed by atoms with Crippen molar-refractivity contribution in [1.29, 1.82) is 0 Å². The average molecular weight is 502 g/mol. The fraction of sp³-hybridized carbons (Fsp3) is 0.429. The molecule has 1 aliphatic heterocycles. The molecule has 1 aliphatic carbocycles. The van der Waals surface area contributed by atoms with Gasteiger partial charge < -0.3 is 14.2 Å². The van der Waals surface area contributed by atoms with Crippen LogP contribution < -0.4 is 10.7 Å². The number of aromatic amines is 1. The van der Waals surface area contributed by atoms with E-state index in [2.05, 4.69) is 37.0 Å². The summed E-state index contributed by atoms with van der Waals surface area (Å²) in [6.07, 6.45) is 2.51. The lowest BCUT2D eigenvalue weighted by Gasteiger charge is -2.35. The van der Waals surface area contributed by atoms with Crippen LogP contribution in [0.1, 0.15) is 68.0 Å². The normalized spacial score (nSPS) is 24.8. The first-order valence-electron chi connectivity index (χ1n) is 12.8. The summed E-state index contributed by atoms with van der Waals surface area (Å²) >= 11 is 0. The van der Waals surface area contributed by atoms with E-state index in [4.69, 9.17) is 14.2 Å². The molecule has 1 amide bonds. The fourth-order valence-electron chi connectivity index (χ4n) is 5.91. The number of hydrogen-bond donors (Lipinski definition) is 1. The van der Waals surface area contributed by atoms with Crippen LogP contribution in [0.25, 0.3) is 11.0 Å². The number of carbonyl (C=O) groups excluding carboxylic acids is 1. The number of aromatic nitrogens is 4. The van der Waals surface area contributed by atoms with Gasteiger partial charge in [0.1, 0.15) is 11.2 Å². The number of nitrogens with one attached hydrogen (secondary N) is 1. The lowest BCUT2D eigenvalue weighted by Crippen LogP contribution is -2.33. The van der Waals surface area contributed by atoms with Crippen molar-refractivity contribution in [2.24, 2.45) is 5.92 Å². The Morgan fingerprint density at radius 2 is 1.92 bits per heavy atom. The third-order valence-corrected chi connectivity index (χ3v) is 7.98. The Morgan fingerprint density at radius 3 is 2.57 bits per heavy atom. The quantitative estimate of drug-likeness (QED) is 0.433. The number of para-hydroxylation sites is 1. The van der Waals surface area contributed by atoms with E-state index in [9.17, 15) is 9.59 Å². The van der Waals surface area contributed by atoms with Gasteiger partial charge in [0, 0.05) is 31.0 Å². The molecule has 192 valence electrons. The van der Waals surface area contributed by atoms with E-state index >= 15 is 0 Å². The Labute approximate surface area is 214 Å². The molecule has 3 atom stereocenters. The molecule has 1 saturated carbocycles. The molecule has 1 unspecified atom stereocenters. The first kappa shape index (κ1) is 23.7. The molecule has 9 heteroatoms. The minimum Gasteiger partial charge on any atom is -0.376 e. The summed E-state index contributed by atoms with van der Waals surface area (Å²) in [6, 6.07) is 15.5. The summed E-state index contributed by atoms with van der Waals surface area (Å²) in [6.45, 7) is 7.01. The predicted molar refractivity (Wildman–Crippen MR) is 139 cm³/mol. The summed E-state index contributed by atoms with van der Waals surface area (Å²) in [5.74, 6) is 0.0648. The van der Waals surface area contributed by atoms with Crippen LogP contribution in [0.4, 0.5) is 5.69 Å². The van der Waals surface area contributed by atoms with Gasteiger partial charge in [-0.15, -0.1) is 0 Å². The minimum absolute atomic E-state index is 0.133. The molecule has 1 saturated heterocycles. The molecule has 6 rings (SSSR count). The molecule has 37 heavy (non-hydrogen) atoms. The largest absolute Gasteiger partial charge is 0.438 e. The van der Waals surface area contributed by atoms with E-state index in [0.717, 1.165) is 35.3 Å². The van der Waals surface area contributed by atoms with Crippen LogP contribution in [0.5, 0.6) is 0 Å². The molecule has 1 N–H and O–H groups in total. The highest BCUT2D eigenvalue weighted by Crippen LogP contribution is 2.55. The van der Waals surface area contributed by atoms with E-state index in [1.807, 2.05) is 47.0 Å². The van der Waals surface area contributed by atoms with Crippen molar-refractivity contribution in [2.45, 2.75) is 57.1 Å². The molecule has 0 spiro atoms. The number of benzene rings is 1. The van der Waals surface area contributed by atoms with Crippen LogP contribution in [0.2, 0.25) is 0 Å². The summed E-state index contributed by atoms with van der Waals surface area (Å²) in [7, 11) is 1.77. The molecular formula is C28H31N5O4. The molecule has 4 aromatic rings. The smallest absolute Gasteiger partial charge is 0.376 e. The zero-order valence-corrected chi connectivity index (χ0v) is 21.5. The Balaban J connectivity index is 1.51. The monoisotopic (exact) mass is 501 g/mol. The van der Waals surface area contributed by atoms with Gasteiger partial charge in [-0.3, -0.25) is 19.3 Å². The van der Waals surface area contributed by atoms with Crippen molar-refractivity contribution in [3.05, 3.63) is 76.3 Å². The number of fused-ring (bicyclic) bond motifs is 1. The van der Waals surface area contributed by atoms with Crippen LogP contribution >= 0.6 is 0 Å². The van der Waals surface area contributed by atoms with Gasteiger partial charge in [-0.1, -0.05) is 30.3 Å². The van der Waals surface area contributed by atoms with Gasteiger partial charge >= 0.3 is 5.76 Å². The van der Waals surface area contributed by atoms with Crippen molar-refractivity contribution >= 4 is 22.6 Å². The van der Waals surface area contributed by atoms with Crippen molar-refractivity contribution in [2.75, 3.05) is 18.6 Å². The lowest BCUT2D eigenvalue weighted by molar-refractivity contribution is -0.0597. The van der Waals surface area contributed by atoms with E-state index in [1.165, 1.54) is 0 Å². The molecule has 0 radical (unpaired) electrons. The maximum atomic E-state index is 14.0. The minimum atomic E-state index is -0.694. The lowest BCUT2D eigenvalue weighted by atomic mass is 9.86. The molecule has 2 aliphatic rings. The summed E-state index contributed by atoms with van der Waals surface area (Å²) in [4.78, 5) is 35.3. The topological polar surface area (TPSA) is 106 Å². The van der Waals surface area contributed by atoms with Crippen molar-refractivity contribution < 1.29 is 14.1 Å². The van der Waals surface area contributed by atoms with Gasteiger partial charge in [0.25, 0.3) is 5.91 Å². The Hall–Kier alpha value is -3.72. The Morgan fingerprint density at radius 1 is 1.16 bits per heavy atom. The van der Waals surface area contributed by atoms with Crippen LogP contribution in [-0.4, -0.2) is 44.9 Å². The van der Waals surface area contributed by atoms with Gasteiger partial charge in [-0.25, -0.2) is 4.79 Å². The van der Waals surface area contributed by atoms with Gasteiger partial charge in [0.05, 0.1) is 16.6 Å². The molecule has 2 fully saturated rings. The molecule has 3 aromatic heterocycles. The van der Waals surface area contributed by atoms with Gasteiger partial charge in [-0.2, -0.15) is 0 Å². The second kappa shape index (κ2) is 8.41. The van der Waals surface area contributed by atoms with Crippen molar-refractivity contribution in [1.82, 2.24) is 19.7 Å². The highest BCUT2D eigenvalue weighted by atomic mass is 16.5. The number of nitrogens with zero attached hydrogens (tertiary/aromatic N) is 4. The molecule has 9 nitrogen and oxygen atoms in total. The van der Waals surface area contributed by atoms with Crippen LogP contribution in [0.15, 0.2) is 57.8 Å². The number of carbonyl (C=O) groups is 1. The summed E-state index contributed by atoms with van der Waals surface area (Å²) < 4.78 is 12.8. The van der Waals surface area contributed by atoms with Crippen molar-refractivity contribution in [3.8, 4) is 0 Å². The zero-order chi connectivity index (χ0) is 25.9.